The van der Waals surface area contributed by atoms with Crippen LogP contribution in [0.3, 0.4) is 0 Å². The number of hydrogen-bond acceptors (Lipinski definition) is 6. The van der Waals surface area contributed by atoms with Crippen LogP contribution in [-0.4, -0.2) is 56.4 Å². The van der Waals surface area contributed by atoms with Crippen molar-refractivity contribution in [2.24, 2.45) is 0 Å². The fraction of sp³-hybridized carbons (Fsp3) is 0.500. The predicted molar refractivity (Wildman–Crippen MR) is 103 cm³/mol. The Morgan fingerprint density at radius 3 is 2.29 bits per heavy atom. The van der Waals surface area contributed by atoms with Crippen LogP contribution in [0.25, 0.3) is 0 Å². The molecule has 0 radical (unpaired) electrons. The van der Waals surface area contributed by atoms with E-state index in [4.69, 9.17) is 4.74 Å². The molecule has 9 nitrogen and oxygen atoms in total. The first kappa shape index (κ1) is 23.6. The summed E-state index contributed by atoms with van der Waals surface area (Å²) in [6.45, 7) is 9.01. The van der Waals surface area contributed by atoms with Gasteiger partial charge in [-0.3, -0.25) is 10.1 Å². The van der Waals surface area contributed by atoms with Crippen LogP contribution < -0.4 is 10.6 Å². The van der Waals surface area contributed by atoms with Gasteiger partial charge < -0.3 is 10.1 Å². The van der Waals surface area contributed by atoms with Gasteiger partial charge in [0.25, 0.3) is 5.91 Å². The quantitative estimate of drug-likeness (QED) is 0.622. The third-order valence-electron chi connectivity index (χ3n) is 3.97. The summed E-state index contributed by atoms with van der Waals surface area (Å²) in [5.41, 5.74) is 0.486. The van der Waals surface area contributed by atoms with Crippen molar-refractivity contribution in [3.8, 4) is 0 Å². The number of ether oxygens (including phenoxy) is 1. The van der Waals surface area contributed by atoms with E-state index in [2.05, 4.69) is 5.32 Å². The lowest BCUT2D eigenvalue weighted by Gasteiger charge is -2.20. The van der Waals surface area contributed by atoms with E-state index in [0.29, 0.717) is 25.2 Å². The molecule has 1 aromatic carbocycles. The van der Waals surface area contributed by atoms with Crippen molar-refractivity contribution in [1.29, 1.82) is 0 Å². The summed E-state index contributed by atoms with van der Waals surface area (Å²) >= 11 is 0. The molecule has 28 heavy (non-hydrogen) atoms. The number of esters is 1. The molecule has 0 aliphatic carbocycles. The molecule has 1 unspecified atom stereocenters. The first-order valence-electron chi connectivity index (χ1n) is 8.98. The van der Waals surface area contributed by atoms with E-state index in [1.807, 2.05) is 5.32 Å². The highest BCUT2D eigenvalue weighted by Crippen LogP contribution is 2.22. The van der Waals surface area contributed by atoms with Gasteiger partial charge in [-0.05, 0) is 38.5 Å². The van der Waals surface area contributed by atoms with Gasteiger partial charge in [-0.25, -0.2) is 18.0 Å². The van der Waals surface area contributed by atoms with Crippen LogP contribution >= 0.6 is 0 Å². The van der Waals surface area contributed by atoms with Gasteiger partial charge in [0.15, 0.2) is 6.10 Å². The standard InChI is InChI=1S/C18H27N3O6S/c1-6-19-18(24)20-16(22)13(5)27-17(23)14-10-9-12(4)15(11-14)28(25,26)21(7-2)8-3/h9-11,13H,6-8H2,1-5H3,(H2,19,20,22,24). The second kappa shape index (κ2) is 10.2. The van der Waals surface area contributed by atoms with Gasteiger partial charge in [0, 0.05) is 19.6 Å². The Kier molecular flexibility index (Phi) is 8.58. The molecular weight excluding hydrogens is 386 g/mol. The molecule has 3 amide bonds. The number of imide groups is 1. The van der Waals surface area contributed by atoms with Crippen LogP contribution in [0.5, 0.6) is 0 Å². The SMILES string of the molecule is CCNC(=O)NC(=O)C(C)OC(=O)c1ccc(C)c(S(=O)(=O)N(CC)CC)c1. The van der Waals surface area contributed by atoms with Crippen molar-refractivity contribution in [3.05, 3.63) is 29.3 Å². The molecule has 0 bridgehead atoms. The number of aryl methyl sites for hydroxylation is 1. The molecular formula is C18H27N3O6S. The highest BCUT2D eigenvalue weighted by Gasteiger charge is 2.26. The summed E-state index contributed by atoms with van der Waals surface area (Å²) < 4.78 is 31.9. The molecule has 1 rings (SSSR count). The van der Waals surface area contributed by atoms with Crippen molar-refractivity contribution in [2.75, 3.05) is 19.6 Å². The van der Waals surface area contributed by atoms with Crippen molar-refractivity contribution in [3.63, 3.8) is 0 Å². The maximum Gasteiger partial charge on any atom is 0.338 e. The topological polar surface area (TPSA) is 122 Å². The minimum atomic E-state index is -3.76. The molecule has 156 valence electrons. The molecule has 0 fully saturated rings. The molecule has 10 heteroatoms. The van der Waals surface area contributed by atoms with Gasteiger partial charge in [0.1, 0.15) is 0 Å². The molecule has 0 aromatic heterocycles. The fourth-order valence-electron chi connectivity index (χ4n) is 2.41. The average molecular weight is 413 g/mol. The molecule has 0 saturated heterocycles. The molecule has 0 aliphatic rings. The van der Waals surface area contributed by atoms with Crippen LogP contribution in [-0.2, 0) is 19.6 Å². The lowest BCUT2D eigenvalue weighted by atomic mass is 10.1. The maximum absolute atomic E-state index is 12.8. The summed E-state index contributed by atoms with van der Waals surface area (Å²) in [6, 6.07) is 3.47. The van der Waals surface area contributed by atoms with E-state index in [0.717, 1.165) is 0 Å². The van der Waals surface area contributed by atoms with Crippen LogP contribution in [0.2, 0.25) is 0 Å². The smallest absolute Gasteiger partial charge is 0.338 e. The van der Waals surface area contributed by atoms with E-state index < -0.39 is 34.0 Å². The second-order valence-electron chi connectivity index (χ2n) is 5.97. The van der Waals surface area contributed by atoms with Crippen LogP contribution in [0, 0.1) is 6.92 Å². The third-order valence-corrected chi connectivity index (χ3v) is 6.17. The lowest BCUT2D eigenvalue weighted by Crippen LogP contribution is -2.44. The first-order chi connectivity index (χ1) is 13.1. The van der Waals surface area contributed by atoms with E-state index in [9.17, 15) is 22.8 Å². The Balaban J connectivity index is 3.02. The number of nitrogens with one attached hydrogen (secondary N) is 2. The number of hydrogen-bond donors (Lipinski definition) is 2. The minimum Gasteiger partial charge on any atom is -0.449 e. The van der Waals surface area contributed by atoms with E-state index in [1.165, 1.54) is 29.4 Å². The molecule has 0 spiro atoms. The average Bonchev–Trinajstić information content (AvgIpc) is 2.62. The fourth-order valence-corrected chi connectivity index (χ4v) is 4.12. The molecule has 0 aliphatic heterocycles. The minimum absolute atomic E-state index is 0.00470. The number of benzene rings is 1. The summed E-state index contributed by atoms with van der Waals surface area (Å²) in [6.07, 6.45) is -1.24. The largest absolute Gasteiger partial charge is 0.449 e. The number of urea groups is 1. The van der Waals surface area contributed by atoms with Crippen molar-refractivity contribution in [1.82, 2.24) is 14.9 Å². The monoisotopic (exact) mass is 413 g/mol. The lowest BCUT2D eigenvalue weighted by molar-refractivity contribution is -0.127. The number of amides is 3. The highest BCUT2D eigenvalue weighted by atomic mass is 32.2. The van der Waals surface area contributed by atoms with Gasteiger partial charge in [-0.2, -0.15) is 4.31 Å². The first-order valence-corrected chi connectivity index (χ1v) is 10.4. The van der Waals surface area contributed by atoms with Gasteiger partial charge in [0.05, 0.1) is 10.5 Å². The van der Waals surface area contributed by atoms with Crippen molar-refractivity contribution < 1.29 is 27.5 Å². The van der Waals surface area contributed by atoms with Gasteiger partial charge >= 0.3 is 12.0 Å². The maximum atomic E-state index is 12.8. The number of carbonyl (C=O) groups is 3. The number of sulfonamides is 1. The van der Waals surface area contributed by atoms with Crippen LogP contribution in [0.4, 0.5) is 4.79 Å². The van der Waals surface area contributed by atoms with Crippen molar-refractivity contribution >= 4 is 27.9 Å². The summed E-state index contributed by atoms with van der Waals surface area (Å²) in [5.74, 6) is -1.66. The number of nitrogens with zero attached hydrogens (tertiary/aromatic N) is 1. The van der Waals surface area contributed by atoms with Gasteiger partial charge in [0.2, 0.25) is 10.0 Å². The Bertz CT molecular complexity index is 834. The zero-order chi connectivity index (χ0) is 21.5. The van der Waals surface area contributed by atoms with Gasteiger partial charge in [-0.1, -0.05) is 19.9 Å². The summed E-state index contributed by atoms with van der Waals surface area (Å²) in [7, 11) is -3.76. The Morgan fingerprint density at radius 1 is 1.14 bits per heavy atom. The highest BCUT2D eigenvalue weighted by molar-refractivity contribution is 7.89. The summed E-state index contributed by atoms with van der Waals surface area (Å²) in [4.78, 5) is 35.6. The van der Waals surface area contributed by atoms with E-state index in [-0.39, 0.29) is 10.5 Å². The zero-order valence-corrected chi connectivity index (χ0v) is 17.6. The Hall–Kier alpha value is -2.46. The Labute approximate surface area is 165 Å². The van der Waals surface area contributed by atoms with Gasteiger partial charge in [-0.15, -0.1) is 0 Å². The van der Waals surface area contributed by atoms with Crippen molar-refractivity contribution in [2.45, 2.75) is 45.6 Å². The summed E-state index contributed by atoms with van der Waals surface area (Å²) in [5, 5.41) is 4.43. The Morgan fingerprint density at radius 2 is 1.75 bits per heavy atom. The number of rotatable bonds is 8. The molecule has 1 aromatic rings. The van der Waals surface area contributed by atoms with E-state index >= 15 is 0 Å². The van der Waals surface area contributed by atoms with Crippen LogP contribution in [0.1, 0.15) is 43.6 Å². The van der Waals surface area contributed by atoms with Crippen LogP contribution in [0.15, 0.2) is 23.1 Å². The molecule has 1 atom stereocenters. The molecule has 2 N–H and O–H groups in total. The molecule has 0 saturated carbocycles. The zero-order valence-electron chi connectivity index (χ0n) is 16.7. The third kappa shape index (κ3) is 5.77. The van der Waals surface area contributed by atoms with E-state index in [1.54, 1.807) is 27.7 Å². The normalized spacial score (nSPS) is 12.4. The number of carbonyl (C=O) groups excluding carboxylic acids is 3. The predicted octanol–water partition coefficient (Wildman–Crippen LogP) is 1.42. The second-order valence-corrected chi connectivity index (χ2v) is 7.87. The molecule has 0 heterocycles.